The molecular weight excluding hydrogens is 403 g/mol. The highest BCUT2D eigenvalue weighted by Gasteiger charge is 2.39. The van der Waals surface area contributed by atoms with E-state index in [1.165, 1.54) is 12.1 Å². The number of nitrogens with one attached hydrogen (secondary N) is 1. The molecule has 0 radical (unpaired) electrons. The molecule has 23 heavy (non-hydrogen) atoms. The molecule has 7 heteroatoms. The second-order valence-corrected chi connectivity index (χ2v) is 6.92. The van der Waals surface area contributed by atoms with Crippen molar-refractivity contribution < 1.29 is 9.59 Å². The van der Waals surface area contributed by atoms with E-state index in [4.69, 9.17) is 23.2 Å². The van der Waals surface area contributed by atoms with Crippen molar-refractivity contribution in [3.8, 4) is 0 Å². The average Bonchev–Trinajstić information content (AvgIpc) is 2.75. The molecule has 0 bridgehead atoms. The van der Waals surface area contributed by atoms with E-state index < -0.39 is 12.1 Å². The highest BCUT2D eigenvalue weighted by atomic mass is 79.9. The summed E-state index contributed by atoms with van der Waals surface area (Å²) in [6.07, 6.45) is 0.419. The summed E-state index contributed by atoms with van der Waals surface area (Å²) in [6, 6.07) is 11.1. The lowest BCUT2D eigenvalue weighted by Gasteiger charge is -2.14. The van der Waals surface area contributed by atoms with Gasteiger partial charge in [-0.3, -0.25) is 4.79 Å². The number of halogens is 3. The summed E-state index contributed by atoms with van der Waals surface area (Å²) in [5.41, 5.74) is 1.32. The highest BCUT2D eigenvalue weighted by Crippen LogP contribution is 2.28. The van der Waals surface area contributed by atoms with Crippen LogP contribution in [0.5, 0.6) is 0 Å². The summed E-state index contributed by atoms with van der Waals surface area (Å²) in [6.45, 7) is 0. The Kier molecular flexibility index (Phi) is 4.62. The quantitative estimate of drug-likeness (QED) is 0.757. The molecule has 2 aromatic rings. The minimum atomic E-state index is -0.610. The summed E-state index contributed by atoms with van der Waals surface area (Å²) in [7, 11) is 0. The Morgan fingerprint density at radius 3 is 2.26 bits per heavy atom. The van der Waals surface area contributed by atoms with E-state index in [0.717, 1.165) is 14.9 Å². The van der Waals surface area contributed by atoms with E-state index in [0.29, 0.717) is 22.2 Å². The molecule has 1 heterocycles. The highest BCUT2D eigenvalue weighted by molar-refractivity contribution is 9.10. The number of nitrogens with zero attached hydrogens (tertiary/aromatic N) is 1. The molecule has 1 atom stereocenters. The number of carbonyl (C=O) groups is 2. The number of carbonyl (C=O) groups excluding carboxylic acids is 2. The predicted octanol–water partition coefficient (Wildman–Crippen LogP) is 4.42. The van der Waals surface area contributed by atoms with Gasteiger partial charge in [-0.2, -0.15) is 0 Å². The Hall–Kier alpha value is -1.56. The molecule has 2 aromatic carbocycles. The summed E-state index contributed by atoms with van der Waals surface area (Å²) < 4.78 is 0.957. The molecule has 1 aliphatic rings. The number of amides is 3. The maximum Gasteiger partial charge on any atom is 0.329 e. The van der Waals surface area contributed by atoms with Gasteiger partial charge in [0.15, 0.2) is 0 Å². The first-order valence-electron chi connectivity index (χ1n) is 6.79. The van der Waals surface area contributed by atoms with Crippen LogP contribution < -0.4 is 10.2 Å². The number of urea groups is 1. The van der Waals surface area contributed by atoms with Gasteiger partial charge < -0.3 is 5.32 Å². The molecule has 1 saturated heterocycles. The maximum atomic E-state index is 12.6. The molecule has 4 nitrogen and oxygen atoms in total. The van der Waals surface area contributed by atoms with Crippen LogP contribution in [0.3, 0.4) is 0 Å². The summed E-state index contributed by atoms with van der Waals surface area (Å²) in [5.74, 6) is -0.323. The van der Waals surface area contributed by atoms with Crippen molar-refractivity contribution in [2.45, 2.75) is 12.5 Å². The van der Waals surface area contributed by atoms with Crippen molar-refractivity contribution in [3.05, 3.63) is 62.5 Å². The molecule has 1 fully saturated rings. The van der Waals surface area contributed by atoms with Crippen molar-refractivity contribution in [2.24, 2.45) is 0 Å². The number of hydrogen-bond acceptors (Lipinski definition) is 2. The van der Waals surface area contributed by atoms with Crippen molar-refractivity contribution >= 4 is 56.8 Å². The molecule has 0 aliphatic carbocycles. The van der Waals surface area contributed by atoms with Gasteiger partial charge in [-0.05, 0) is 35.9 Å². The second kappa shape index (κ2) is 6.51. The fraction of sp³-hybridized carbons (Fsp3) is 0.125. The van der Waals surface area contributed by atoms with Gasteiger partial charge in [-0.25, -0.2) is 9.69 Å². The van der Waals surface area contributed by atoms with Crippen molar-refractivity contribution in [3.63, 3.8) is 0 Å². The van der Waals surface area contributed by atoms with Gasteiger partial charge in [-0.15, -0.1) is 0 Å². The first kappa shape index (κ1) is 16.3. The van der Waals surface area contributed by atoms with Crippen LogP contribution >= 0.6 is 39.1 Å². The van der Waals surface area contributed by atoms with Gasteiger partial charge in [0.05, 0.1) is 5.69 Å². The van der Waals surface area contributed by atoms with Crippen LogP contribution in [0, 0.1) is 0 Å². The number of anilines is 1. The molecule has 0 aromatic heterocycles. The Morgan fingerprint density at radius 1 is 1.04 bits per heavy atom. The van der Waals surface area contributed by atoms with E-state index in [1.807, 2.05) is 24.3 Å². The third-order valence-corrected chi connectivity index (χ3v) is 4.44. The van der Waals surface area contributed by atoms with Gasteiger partial charge in [0.25, 0.3) is 5.91 Å². The molecule has 3 rings (SSSR count). The Bertz CT molecular complexity index is 760. The summed E-state index contributed by atoms with van der Waals surface area (Å²) in [4.78, 5) is 25.8. The first-order valence-corrected chi connectivity index (χ1v) is 8.34. The van der Waals surface area contributed by atoms with Crippen LogP contribution in [0.2, 0.25) is 10.0 Å². The van der Waals surface area contributed by atoms with Crippen molar-refractivity contribution in [1.82, 2.24) is 5.32 Å². The van der Waals surface area contributed by atoms with Crippen molar-refractivity contribution in [1.29, 1.82) is 0 Å². The van der Waals surface area contributed by atoms with Gasteiger partial charge in [0.2, 0.25) is 0 Å². The Morgan fingerprint density at radius 2 is 1.65 bits per heavy atom. The molecule has 1 N–H and O–H groups in total. The largest absolute Gasteiger partial charge is 0.329 e. The molecule has 1 unspecified atom stereocenters. The van der Waals surface area contributed by atoms with Gasteiger partial charge in [0.1, 0.15) is 6.04 Å². The first-order chi connectivity index (χ1) is 10.9. The number of benzene rings is 2. The lowest BCUT2D eigenvalue weighted by Crippen LogP contribution is -2.32. The average molecular weight is 414 g/mol. The van der Waals surface area contributed by atoms with Crippen LogP contribution in [-0.4, -0.2) is 18.0 Å². The number of rotatable bonds is 3. The van der Waals surface area contributed by atoms with Gasteiger partial charge >= 0.3 is 6.03 Å². The number of hydrogen-bond donors (Lipinski definition) is 1. The third kappa shape index (κ3) is 3.52. The molecule has 1 aliphatic heterocycles. The van der Waals surface area contributed by atoms with Crippen LogP contribution in [0.25, 0.3) is 0 Å². The van der Waals surface area contributed by atoms with Gasteiger partial charge in [-0.1, -0.05) is 51.3 Å². The zero-order chi connectivity index (χ0) is 16.6. The SMILES string of the molecule is O=C1NC(Cc2ccc(Br)cc2)C(=O)N1c1cc(Cl)cc(Cl)c1. The third-order valence-electron chi connectivity index (χ3n) is 3.48. The predicted molar refractivity (Wildman–Crippen MR) is 94.1 cm³/mol. The fourth-order valence-corrected chi connectivity index (χ4v) is 3.22. The monoisotopic (exact) mass is 412 g/mol. The van der Waals surface area contributed by atoms with E-state index in [2.05, 4.69) is 21.2 Å². The molecule has 0 spiro atoms. The minimum absolute atomic E-state index is 0.323. The van der Waals surface area contributed by atoms with E-state index in [9.17, 15) is 9.59 Å². The fourth-order valence-electron chi connectivity index (χ4n) is 2.44. The summed E-state index contributed by atoms with van der Waals surface area (Å²) >= 11 is 15.3. The second-order valence-electron chi connectivity index (χ2n) is 5.13. The van der Waals surface area contributed by atoms with Crippen molar-refractivity contribution in [2.75, 3.05) is 4.90 Å². The number of imide groups is 1. The Labute approximate surface area is 151 Å². The standard InChI is InChI=1S/C16H11BrCl2N2O2/c17-10-3-1-9(2-4-10)5-14-15(22)21(16(23)20-14)13-7-11(18)6-12(19)8-13/h1-4,6-8,14H,5H2,(H,20,23). The van der Waals surface area contributed by atoms with Crippen LogP contribution in [0.15, 0.2) is 46.9 Å². The van der Waals surface area contributed by atoms with Crippen LogP contribution in [0.4, 0.5) is 10.5 Å². The lowest BCUT2D eigenvalue weighted by atomic mass is 10.1. The lowest BCUT2D eigenvalue weighted by molar-refractivity contribution is -0.118. The molecule has 3 amide bonds. The molecular formula is C16H11BrCl2N2O2. The minimum Gasteiger partial charge on any atom is -0.325 e. The zero-order valence-electron chi connectivity index (χ0n) is 11.7. The normalized spacial score (nSPS) is 17.5. The van der Waals surface area contributed by atoms with E-state index in [1.54, 1.807) is 6.07 Å². The maximum absolute atomic E-state index is 12.6. The smallest absolute Gasteiger partial charge is 0.325 e. The Balaban J connectivity index is 1.83. The van der Waals surface area contributed by atoms with E-state index >= 15 is 0 Å². The van der Waals surface area contributed by atoms with E-state index in [-0.39, 0.29) is 5.91 Å². The topological polar surface area (TPSA) is 49.4 Å². The van der Waals surface area contributed by atoms with Crippen LogP contribution in [-0.2, 0) is 11.2 Å². The molecule has 118 valence electrons. The zero-order valence-corrected chi connectivity index (χ0v) is 14.8. The van der Waals surface area contributed by atoms with Gasteiger partial charge in [0, 0.05) is 20.9 Å². The summed E-state index contributed by atoms with van der Waals surface area (Å²) in [5, 5.41) is 3.42. The van der Waals surface area contributed by atoms with Crippen LogP contribution in [0.1, 0.15) is 5.56 Å². The molecule has 0 saturated carbocycles.